The van der Waals surface area contributed by atoms with E-state index < -0.39 is 0 Å². The van der Waals surface area contributed by atoms with Crippen molar-refractivity contribution >= 4 is 11.6 Å². The number of benzene rings is 1. The Bertz CT molecular complexity index is 490. The molecule has 2 fully saturated rings. The smallest absolute Gasteiger partial charge is 0.124 e. The number of hydrogen-bond donors (Lipinski definition) is 1. The van der Waals surface area contributed by atoms with E-state index in [2.05, 4.69) is 0 Å². The van der Waals surface area contributed by atoms with E-state index in [0.29, 0.717) is 10.9 Å². The minimum atomic E-state index is -0.278. The Kier molecular flexibility index (Phi) is 4.85. The highest BCUT2D eigenvalue weighted by atomic mass is 35.5. The Balaban J connectivity index is 1.61. The molecule has 3 heteroatoms. The quantitative estimate of drug-likeness (QED) is 0.839. The van der Waals surface area contributed by atoms with Crippen molar-refractivity contribution in [1.29, 1.82) is 0 Å². The lowest BCUT2D eigenvalue weighted by Crippen LogP contribution is -2.38. The first-order valence-corrected chi connectivity index (χ1v) is 8.71. The number of fused-ring (bicyclic) bond motifs is 1. The number of rotatable bonds is 3. The topological polar surface area (TPSA) is 26.0 Å². The number of nitrogens with two attached hydrogens (primary N) is 1. The van der Waals surface area contributed by atoms with Crippen molar-refractivity contribution in [3.8, 4) is 0 Å². The molecule has 4 unspecified atom stereocenters. The average molecular weight is 310 g/mol. The molecule has 2 N–H and O–H groups in total. The summed E-state index contributed by atoms with van der Waals surface area (Å²) in [7, 11) is 0. The van der Waals surface area contributed by atoms with Gasteiger partial charge in [0.2, 0.25) is 0 Å². The summed E-state index contributed by atoms with van der Waals surface area (Å²) in [5.41, 5.74) is 7.44. The zero-order valence-corrected chi connectivity index (χ0v) is 13.3. The summed E-state index contributed by atoms with van der Waals surface area (Å²) in [5, 5.41) is 0.511. The fraction of sp³-hybridized carbons (Fsp3) is 0.667. The van der Waals surface area contributed by atoms with E-state index in [-0.39, 0.29) is 11.9 Å². The van der Waals surface area contributed by atoms with E-state index in [1.165, 1.54) is 57.1 Å². The lowest BCUT2D eigenvalue weighted by molar-refractivity contribution is 0.117. The molecule has 0 radical (unpaired) electrons. The summed E-state index contributed by atoms with van der Waals surface area (Å²) in [6, 6.07) is 4.80. The van der Waals surface area contributed by atoms with Crippen LogP contribution in [0.3, 0.4) is 0 Å². The summed E-state index contributed by atoms with van der Waals surface area (Å²) >= 11 is 6.13. The molecule has 1 nitrogen and oxygen atoms in total. The lowest BCUT2D eigenvalue weighted by Gasteiger charge is -2.41. The summed E-state index contributed by atoms with van der Waals surface area (Å²) in [4.78, 5) is 0. The van der Waals surface area contributed by atoms with Gasteiger partial charge in [-0.15, -0.1) is 0 Å². The number of halogens is 2. The Morgan fingerprint density at radius 2 is 1.90 bits per heavy atom. The van der Waals surface area contributed by atoms with E-state index >= 15 is 0 Å². The molecule has 116 valence electrons. The van der Waals surface area contributed by atoms with Crippen molar-refractivity contribution in [2.75, 3.05) is 0 Å². The van der Waals surface area contributed by atoms with Gasteiger partial charge < -0.3 is 5.73 Å². The van der Waals surface area contributed by atoms with Crippen molar-refractivity contribution in [1.82, 2.24) is 0 Å². The molecule has 0 aliphatic heterocycles. The van der Waals surface area contributed by atoms with Crippen LogP contribution in [0.1, 0.15) is 50.5 Å². The summed E-state index contributed by atoms with van der Waals surface area (Å²) in [6.07, 6.45) is 10.3. The van der Waals surface area contributed by atoms with E-state index in [1.54, 1.807) is 6.07 Å². The first-order chi connectivity index (χ1) is 10.1. The van der Waals surface area contributed by atoms with Gasteiger partial charge in [0.25, 0.3) is 0 Å². The highest BCUT2D eigenvalue weighted by Crippen LogP contribution is 2.43. The van der Waals surface area contributed by atoms with Crippen LogP contribution in [0.15, 0.2) is 18.2 Å². The van der Waals surface area contributed by atoms with Crippen LogP contribution in [0.4, 0.5) is 4.39 Å². The van der Waals surface area contributed by atoms with Gasteiger partial charge in [-0.2, -0.15) is 0 Å². The minimum absolute atomic E-state index is 0.149. The molecule has 4 atom stereocenters. The molecule has 1 aromatic rings. The molecule has 0 amide bonds. The van der Waals surface area contributed by atoms with Crippen molar-refractivity contribution in [3.05, 3.63) is 34.6 Å². The predicted molar refractivity (Wildman–Crippen MR) is 85.9 cm³/mol. The summed E-state index contributed by atoms with van der Waals surface area (Å²) in [5.74, 6) is 2.18. The SMILES string of the molecule is NC(Cc1ccc(F)cc1Cl)C1CCC2CCCCC2C1. The van der Waals surface area contributed by atoms with Gasteiger partial charge >= 0.3 is 0 Å². The second-order valence-electron chi connectivity index (χ2n) is 6.98. The minimum Gasteiger partial charge on any atom is -0.327 e. The molecule has 1 aromatic carbocycles. The molecule has 0 spiro atoms. The fourth-order valence-corrected chi connectivity index (χ4v) is 4.65. The zero-order valence-electron chi connectivity index (χ0n) is 12.5. The van der Waals surface area contributed by atoms with Crippen LogP contribution in [-0.4, -0.2) is 6.04 Å². The first kappa shape index (κ1) is 15.3. The Morgan fingerprint density at radius 3 is 2.67 bits per heavy atom. The molecule has 21 heavy (non-hydrogen) atoms. The van der Waals surface area contributed by atoms with Gasteiger partial charge in [0, 0.05) is 11.1 Å². The van der Waals surface area contributed by atoms with Crippen LogP contribution in [0.2, 0.25) is 5.02 Å². The predicted octanol–water partition coefficient (Wildman–Crippen LogP) is 4.96. The van der Waals surface area contributed by atoms with E-state index in [4.69, 9.17) is 17.3 Å². The van der Waals surface area contributed by atoms with Crippen molar-refractivity contribution in [2.24, 2.45) is 23.5 Å². The van der Waals surface area contributed by atoms with Crippen molar-refractivity contribution in [2.45, 2.75) is 57.4 Å². The van der Waals surface area contributed by atoms with Crippen LogP contribution in [0, 0.1) is 23.6 Å². The third kappa shape index (κ3) is 3.60. The fourth-order valence-electron chi connectivity index (χ4n) is 4.41. The monoisotopic (exact) mass is 309 g/mol. The first-order valence-electron chi connectivity index (χ1n) is 8.33. The maximum absolute atomic E-state index is 13.1. The van der Waals surface area contributed by atoms with Gasteiger partial charge in [-0.25, -0.2) is 4.39 Å². The molecular formula is C18H25ClFN. The summed E-state index contributed by atoms with van der Waals surface area (Å²) < 4.78 is 13.1. The van der Waals surface area contributed by atoms with Crippen molar-refractivity contribution < 1.29 is 4.39 Å². The second kappa shape index (κ2) is 6.66. The van der Waals surface area contributed by atoms with Crippen molar-refractivity contribution in [3.63, 3.8) is 0 Å². The van der Waals surface area contributed by atoms with Crippen LogP contribution < -0.4 is 5.73 Å². The van der Waals surface area contributed by atoms with Gasteiger partial charge in [-0.05, 0) is 61.1 Å². The standard InChI is InChI=1S/C18H25ClFN/c19-17-11-16(20)8-7-14(17)10-18(21)15-6-5-12-3-1-2-4-13(12)9-15/h7-8,11-13,15,18H,1-6,9-10,21H2. The molecule has 0 heterocycles. The van der Waals surface area contributed by atoms with Gasteiger partial charge in [0.05, 0.1) is 0 Å². The molecular weight excluding hydrogens is 285 g/mol. The Labute approximate surface area is 132 Å². The van der Waals surface area contributed by atoms with Crippen LogP contribution in [0.25, 0.3) is 0 Å². The van der Waals surface area contributed by atoms with E-state index in [0.717, 1.165) is 23.8 Å². The highest BCUT2D eigenvalue weighted by Gasteiger charge is 2.34. The van der Waals surface area contributed by atoms with E-state index in [1.807, 2.05) is 0 Å². The number of hydrogen-bond acceptors (Lipinski definition) is 1. The molecule has 3 rings (SSSR count). The molecule has 2 aliphatic carbocycles. The molecule has 0 saturated heterocycles. The van der Waals surface area contributed by atoms with Crippen LogP contribution in [0.5, 0.6) is 0 Å². The lowest BCUT2D eigenvalue weighted by atomic mass is 9.66. The Hall–Kier alpha value is -0.600. The second-order valence-corrected chi connectivity index (χ2v) is 7.39. The van der Waals surface area contributed by atoms with Gasteiger partial charge in [-0.3, -0.25) is 0 Å². The molecule has 0 aromatic heterocycles. The average Bonchev–Trinajstić information content (AvgIpc) is 2.49. The maximum atomic E-state index is 13.1. The van der Waals surface area contributed by atoms with Crippen LogP contribution >= 0.6 is 11.6 Å². The highest BCUT2D eigenvalue weighted by molar-refractivity contribution is 6.31. The zero-order chi connectivity index (χ0) is 14.8. The normalized spacial score (nSPS) is 30.7. The molecule has 0 bridgehead atoms. The largest absolute Gasteiger partial charge is 0.327 e. The third-order valence-electron chi connectivity index (χ3n) is 5.66. The van der Waals surface area contributed by atoms with Gasteiger partial charge in [0.1, 0.15) is 5.82 Å². The van der Waals surface area contributed by atoms with Gasteiger partial charge in [0.15, 0.2) is 0 Å². The third-order valence-corrected chi connectivity index (χ3v) is 6.01. The van der Waals surface area contributed by atoms with E-state index in [9.17, 15) is 4.39 Å². The maximum Gasteiger partial charge on any atom is 0.124 e. The molecule has 2 saturated carbocycles. The van der Waals surface area contributed by atoms with Crippen LogP contribution in [-0.2, 0) is 6.42 Å². The van der Waals surface area contributed by atoms with Gasteiger partial charge in [-0.1, -0.05) is 43.4 Å². The Morgan fingerprint density at radius 1 is 1.14 bits per heavy atom. The summed E-state index contributed by atoms with van der Waals surface area (Å²) in [6.45, 7) is 0. The molecule has 2 aliphatic rings.